The maximum absolute atomic E-state index is 5.43. The van der Waals surface area contributed by atoms with Crippen LogP contribution in [0, 0.1) is 5.92 Å². The van der Waals surface area contributed by atoms with Crippen molar-refractivity contribution in [2.24, 2.45) is 10.9 Å². The van der Waals surface area contributed by atoms with Crippen molar-refractivity contribution in [2.45, 2.75) is 13.8 Å². The molecule has 2 aliphatic rings. The predicted octanol–water partition coefficient (Wildman–Crippen LogP) is 1.15. The molecule has 9 heteroatoms. The standard InChI is InChI=1S/C19H33N7O.HI/c1-3-20-18(23-15-17(2)16-24-11-13-27-14-12-24)25-7-9-26(10-8-25)19-21-5-4-6-22-19;/h4-6,17H,3,7-16H2,1-2H3,(H,20,23);1H. The van der Waals surface area contributed by atoms with Crippen LogP contribution in [0.2, 0.25) is 0 Å². The lowest BCUT2D eigenvalue weighted by Gasteiger charge is -2.36. The molecule has 0 aliphatic carbocycles. The van der Waals surface area contributed by atoms with Gasteiger partial charge in [-0.2, -0.15) is 0 Å². The number of halogens is 1. The second-order valence-corrected chi connectivity index (χ2v) is 7.24. The number of nitrogens with zero attached hydrogens (tertiary/aromatic N) is 6. The number of hydrogen-bond acceptors (Lipinski definition) is 6. The molecule has 0 bridgehead atoms. The molecule has 2 aliphatic heterocycles. The molecule has 1 unspecified atom stereocenters. The Morgan fingerprint density at radius 2 is 1.82 bits per heavy atom. The SMILES string of the molecule is CCNC(=NCC(C)CN1CCOCC1)N1CCN(c2ncccn2)CC1.I. The van der Waals surface area contributed by atoms with E-state index in [0.29, 0.717) is 5.92 Å². The summed E-state index contributed by atoms with van der Waals surface area (Å²) in [5.41, 5.74) is 0. The summed E-state index contributed by atoms with van der Waals surface area (Å²) in [4.78, 5) is 20.7. The Hall–Kier alpha value is -1.20. The number of hydrogen-bond donors (Lipinski definition) is 1. The number of aromatic nitrogens is 2. The number of guanidine groups is 1. The quantitative estimate of drug-likeness (QED) is 0.355. The fraction of sp³-hybridized carbons (Fsp3) is 0.737. The van der Waals surface area contributed by atoms with E-state index in [1.807, 2.05) is 6.07 Å². The van der Waals surface area contributed by atoms with E-state index >= 15 is 0 Å². The fourth-order valence-electron chi connectivity index (χ4n) is 3.52. The molecule has 1 aromatic heterocycles. The van der Waals surface area contributed by atoms with Crippen LogP contribution in [0.4, 0.5) is 5.95 Å². The minimum atomic E-state index is 0. The largest absolute Gasteiger partial charge is 0.379 e. The third kappa shape index (κ3) is 7.00. The third-order valence-electron chi connectivity index (χ3n) is 4.98. The number of ether oxygens (including phenoxy) is 1. The lowest BCUT2D eigenvalue weighted by atomic mass is 10.1. The summed E-state index contributed by atoms with van der Waals surface area (Å²) in [5.74, 6) is 2.38. The zero-order chi connectivity index (χ0) is 18.9. The molecule has 0 aromatic carbocycles. The Morgan fingerprint density at radius 3 is 2.46 bits per heavy atom. The lowest BCUT2D eigenvalue weighted by molar-refractivity contribution is 0.0323. The van der Waals surface area contributed by atoms with E-state index in [4.69, 9.17) is 9.73 Å². The van der Waals surface area contributed by atoms with E-state index in [1.165, 1.54) is 0 Å². The molecule has 0 saturated carbocycles. The molecule has 0 amide bonds. The van der Waals surface area contributed by atoms with Gasteiger partial charge in [0.1, 0.15) is 0 Å². The van der Waals surface area contributed by atoms with E-state index in [0.717, 1.165) is 84.0 Å². The first kappa shape index (κ1) is 23.1. The average Bonchev–Trinajstić information content (AvgIpc) is 2.73. The van der Waals surface area contributed by atoms with Gasteiger partial charge in [0.2, 0.25) is 5.95 Å². The van der Waals surface area contributed by atoms with Crippen LogP contribution in [0.3, 0.4) is 0 Å². The van der Waals surface area contributed by atoms with Gasteiger partial charge >= 0.3 is 0 Å². The highest BCUT2D eigenvalue weighted by atomic mass is 127. The van der Waals surface area contributed by atoms with Gasteiger partial charge in [0.25, 0.3) is 0 Å². The van der Waals surface area contributed by atoms with Gasteiger partial charge in [0.15, 0.2) is 5.96 Å². The molecule has 0 spiro atoms. The highest BCUT2D eigenvalue weighted by molar-refractivity contribution is 14.0. The van der Waals surface area contributed by atoms with E-state index in [9.17, 15) is 0 Å². The number of aliphatic imine (C=N–C) groups is 1. The zero-order valence-electron chi connectivity index (χ0n) is 17.1. The topological polar surface area (TPSA) is 69.1 Å². The van der Waals surface area contributed by atoms with Gasteiger partial charge in [-0.15, -0.1) is 24.0 Å². The summed E-state index contributed by atoms with van der Waals surface area (Å²) in [5, 5.41) is 3.46. The fourth-order valence-corrected chi connectivity index (χ4v) is 3.52. The first-order chi connectivity index (χ1) is 13.3. The van der Waals surface area contributed by atoms with Crippen LogP contribution in [0.25, 0.3) is 0 Å². The summed E-state index contributed by atoms with van der Waals surface area (Å²) in [6.45, 7) is 14.7. The summed E-state index contributed by atoms with van der Waals surface area (Å²) < 4.78 is 5.43. The normalized spacial score (nSPS) is 19.9. The molecular formula is C19H34IN7O. The van der Waals surface area contributed by atoms with Crippen molar-refractivity contribution in [2.75, 3.05) is 77.0 Å². The highest BCUT2D eigenvalue weighted by Gasteiger charge is 2.21. The number of rotatable bonds is 6. The maximum Gasteiger partial charge on any atom is 0.225 e. The molecule has 3 heterocycles. The van der Waals surface area contributed by atoms with Crippen LogP contribution in [0.5, 0.6) is 0 Å². The molecule has 3 rings (SSSR count). The summed E-state index contributed by atoms with van der Waals surface area (Å²) >= 11 is 0. The lowest BCUT2D eigenvalue weighted by Crippen LogP contribution is -2.53. The van der Waals surface area contributed by atoms with Crippen molar-refractivity contribution < 1.29 is 4.74 Å². The second-order valence-electron chi connectivity index (χ2n) is 7.24. The zero-order valence-corrected chi connectivity index (χ0v) is 19.4. The van der Waals surface area contributed by atoms with Gasteiger partial charge < -0.3 is 19.9 Å². The minimum absolute atomic E-state index is 0. The van der Waals surface area contributed by atoms with Crippen molar-refractivity contribution in [3.05, 3.63) is 18.5 Å². The Morgan fingerprint density at radius 1 is 1.14 bits per heavy atom. The average molecular weight is 503 g/mol. The van der Waals surface area contributed by atoms with Crippen LogP contribution in [0.1, 0.15) is 13.8 Å². The highest BCUT2D eigenvalue weighted by Crippen LogP contribution is 2.10. The summed E-state index contributed by atoms with van der Waals surface area (Å²) in [6, 6.07) is 1.85. The van der Waals surface area contributed by atoms with Crippen molar-refractivity contribution in [1.82, 2.24) is 25.1 Å². The molecular weight excluding hydrogens is 469 g/mol. The first-order valence-corrected chi connectivity index (χ1v) is 10.1. The number of morpholine rings is 1. The van der Waals surface area contributed by atoms with Gasteiger partial charge in [-0.05, 0) is 18.9 Å². The van der Waals surface area contributed by atoms with Crippen molar-refractivity contribution in [1.29, 1.82) is 0 Å². The van der Waals surface area contributed by atoms with E-state index in [1.54, 1.807) is 12.4 Å². The van der Waals surface area contributed by atoms with Crippen molar-refractivity contribution in [3.63, 3.8) is 0 Å². The van der Waals surface area contributed by atoms with Gasteiger partial charge in [-0.3, -0.25) is 9.89 Å². The Labute approximate surface area is 185 Å². The molecule has 158 valence electrons. The molecule has 0 radical (unpaired) electrons. The van der Waals surface area contributed by atoms with E-state index in [2.05, 4.69) is 43.8 Å². The maximum atomic E-state index is 5.43. The second kappa shape index (κ2) is 12.4. The van der Waals surface area contributed by atoms with E-state index in [-0.39, 0.29) is 24.0 Å². The minimum Gasteiger partial charge on any atom is -0.379 e. The van der Waals surface area contributed by atoms with Crippen LogP contribution < -0.4 is 10.2 Å². The van der Waals surface area contributed by atoms with Crippen molar-refractivity contribution >= 4 is 35.9 Å². The number of piperazine rings is 1. The summed E-state index contributed by atoms with van der Waals surface area (Å²) in [7, 11) is 0. The van der Waals surface area contributed by atoms with Gasteiger partial charge in [0, 0.05) is 71.3 Å². The molecule has 28 heavy (non-hydrogen) atoms. The number of anilines is 1. The van der Waals surface area contributed by atoms with Crippen LogP contribution in [-0.4, -0.2) is 97.8 Å². The van der Waals surface area contributed by atoms with Gasteiger partial charge in [0.05, 0.1) is 13.2 Å². The van der Waals surface area contributed by atoms with Gasteiger partial charge in [-0.25, -0.2) is 9.97 Å². The Kier molecular flexibility index (Phi) is 10.2. The molecule has 2 saturated heterocycles. The Balaban J connectivity index is 0.00000280. The Bertz CT molecular complexity index is 575. The predicted molar refractivity (Wildman–Crippen MR) is 124 cm³/mol. The smallest absolute Gasteiger partial charge is 0.225 e. The first-order valence-electron chi connectivity index (χ1n) is 10.1. The summed E-state index contributed by atoms with van der Waals surface area (Å²) in [6.07, 6.45) is 3.60. The molecule has 1 atom stereocenters. The number of nitrogens with one attached hydrogen (secondary N) is 1. The molecule has 1 N–H and O–H groups in total. The monoisotopic (exact) mass is 503 g/mol. The molecule has 1 aromatic rings. The van der Waals surface area contributed by atoms with Crippen molar-refractivity contribution in [3.8, 4) is 0 Å². The third-order valence-corrected chi connectivity index (χ3v) is 4.98. The van der Waals surface area contributed by atoms with E-state index < -0.39 is 0 Å². The van der Waals surface area contributed by atoms with Crippen LogP contribution in [0.15, 0.2) is 23.5 Å². The van der Waals surface area contributed by atoms with Crippen LogP contribution >= 0.6 is 24.0 Å². The molecule has 8 nitrogen and oxygen atoms in total. The van der Waals surface area contributed by atoms with Crippen LogP contribution in [-0.2, 0) is 4.74 Å². The molecule has 2 fully saturated rings. The van der Waals surface area contributed by atoms with Gasteiger partial charge in [-0.1, -0.05) is 6.92 Å².